The largest absolute Gasteiger partial charge is 0.456 e. The minimum atomic E-state index is -0.497. The van der Waals surface area contributed by atoms with Gasteiger partial charge in [-0.05, 0) is 67.5 Å². The summed E-state index contributed by atoms with van der Waals surface area (Å²) in [7, 11) is 0. The summed E-state index contributed by atoms with van der Waals surface area (Å²) in [6.45, 7) is 1.93. The van der Waals surface area contributed by atoms with Gasteiger partial charge in [-0.2, -0.15) is 0 Å². The Labute approximate surface area is 125 Å². The lowest BCUT2D eigenvalue weighted by atomic mass is 9.92. The lowest BCUT2D eigenvalue weighted by molar-refractivity contribution is 0.169. The fourth-order valence-electron chi connectivity index (χ4n) is 2.77. The number of fused-ring (bicyclic) bond motifs is 1. The van der Waals surface area contributed by atoms with Crippen LogP contribution in [0, 0.1) is 0 Å². The Balaban J connectivity index is 1.74. The van der Waals surface area contributed by atoms with Gasteiger partial charge in [0.1, 0.15) is 11.5 Å². The first-order chi connectivity index (χ1) is 10.3. The maximum atomic E-state index is 9.74. The molecule has 3 nitrogen and oxygen atoms in total. The molecular weight excluding hydrogens is 262 g/mol. The molecule has 1 N–H and O–H groups in total. The first-order valence-electron chi connectivity index (χ1n) is 7.70. The van der Waals surface area contributed by atoms with Crippen LogP contribution in [0.4, 0.5) is 0 Å². The van der Waals surface area contributed by atoms with Gasteiger partial charge < -0.3 is 9.84 Å². The molecule has 1 aliphatic carbocycles. The van der Waals surface area contributed by atoms with Gasteiger partial charge in [0.15, 0.2) is 0 Å². The normalized spacial score (nSPS) is 15.3. The van der Waals surface area contributed by atoms with E-state index in [4.69, 9.17) is 4.74 Å². The molecule has 110 valence electrons. The lowest BCUT2D eigenvalue weighted by Crippen LogP contribution is -2.02. The van der Waals surface area contributed by atoms with Crippen molar-refractivity contribution in [3.63, 3.8) is 0 Å². The number of aliphatic hydroxyl groups is 1. The van der Waals surface area contributed by atoms with E-state index in [0.29, 0.717) is 17.9 Å². The van der Waals surface area contributed by atoms with E-state index in [2.05, 4.69) is 17.1 Å². The average Bonchev–Trinajstić information content (AvgIpc) is 2.55. The Morgan fingerprint density at radius 3 is 2.57 bits per heavy atom. The minimum absolute atomic E-state index is 0.497. The van der Waals surface area contributed by atoms with E-state index in [0.717, 1.165) is 12.2 Å². The lowest BCUT2D eigenvalue weighted by Gasteiger charge is -2.16. The highest BCUT2D eigenvalue weighted by molar-refractivity contribution is 5.39. The molecule has 1 heterocycles. The number of aromatic nitrogens is 1. The SMILES string of the molecule is CC[C@@H](O)c1ccc(Oc2ccc3c(c2)CCCC3)cn1. The van der Waals surface area contributed by atoms with Crippen LogP contribution in [0.1, 0.15) is 49.1 Å². The van der Waals surface area contributed by atoms with Crippen LogP contribution in [0.15, 0.2) is 36.5 Å². The van der Waals surface area contributed by atoms with E-state index in [1.165, 1.54) is 30.4 Å². The Hall–Kier alpha value is -1.87. The van der Waals surface area contributed by atoms with Crippen molar-refractivity contribution in [2.24, 2.45) is 0 Å². The van der Waals surface area contributed by atoms with Crippen LogP contribution < -0.4 is 4.74 Å². The Morgan fingerprint density at radius 1 is 1.10 bits per heavy atom. The van der Waals surface area contributed by atoms with Crippen LogP contribution in [0.25, 0.3) is 0 Å². The maximum Gasteiger partial charge on any atom is 0.145 e. The van der Waals surface area contributed by atoms with Gasteiger partial charge in [0.25, 0.3) is 0 Å². The predicted molar refractivity (Wildman–Crippen MR) is 82.6 cm³/mol. The third kappa shape index (κ3) is 3.24. The number of hydrogen-bond acceptors (Lipinski definition) is 3. The van der Waals surface area contributed by atoms with E-state index in [1.807, 2.05) is 25.1 Å². The van der Waals surface area contributed by atoms with Crippen molar-refractivity contribution in [3.05, 3.63) is 53.3 Å². The van der Waals surface area contributed by atoms with Crippen molar-refractivity contribution in [3.8, 4) is 11.5 Å². The second kappa shape index (κ2) is 6.27. The zero-order chi connectivity index (χ0) is 14.7. The number of aliphatic hydroxyl groups excluding tert-OH is 1. The number of rotatable bonds is 4. The Kier molecular flexibility index (Phi) is 4.20. The molecular formula is C18H21NO2. The standard InChI is InChI=1S/C18H21NO2/c1-2-18(20)17-10-9-16(12-19-17)21-15-8-7-13-5-3-4-6-14(13)11-15/h7-12,18,20H,2-6H2,1H3/t18-/m1/s1. The molecule has 1 aromatic heterocycles. The average molecular weight is 283 g/mol. The van der Waals surface area contributed by atoms with Crippen molar-refractivity contribution in [1.29, 1.82) is 0 Å². The second-order valence-electron chi connectivity index (χ2n) is 5.58. The van der Waals surface area contributed by atoms with Crippen LogP contribution in [-0.4, -0.2) is 10.1 Å². The highest BCUT2D eigenvalue weighted by Gasteiger charge is 2.11. The highest BCUT2D eigenvalue weighted by atomic mass is 16.5. The van der Waals surface area contributed by atoms with E-state index < -0.39 is 6.10 Å². The highest BCUT2D eigenvalue weighted by Crippen LogP contribution is 2.28. The quantitative estimate of drug-likeness (QED) is 0.914. The molecule has 0 amide bonds. The van der Waals surface area contributed by atoms with Crippen LogP contribution in [0.3, 0.4) is 0 Å². The number of pyridine rings is 1. The minimum Gasteiger partial charge on any atom is -0.456 e. The van der Waals surface area contributed by atoms with Crippen LogP contribution in [0.5, 0.6) is 11.5 Å². The monoisotopic (exact) mass is 283 g/mol. The fraction of sp³-hybridized carbons (Fsp3) is 0.389. The number of hydrogen-bond donors (Lipinski definition) is 1. The molecule has 21 heavy (non-hydrogen) atoms. The van der Waals surface area contributed by atoms with E-state index >= 15 is 0 Å². The molecule has 0 unspecified atom stereocenters. The van der Waals surface area contributed by atoms with E-state index in [9.17, 15) is 5.11 Å². The molecule has 3 rings (SSSR count). The molecule has 1 aromatic carbocycles. The third-order valence-electron chi connectivity index (χ3n) is 4.04. The van der Waals surface area contributed by atoms with E-state index in [1.54, 1.807) is 6.20 Å². The number of aryl methyl sites for hydroxylation is 2. The summed E-state index contributed by atoms with van der Waals surface area (Å²) in [5.74, 6) is 1.57. The first-order valence-corrected chi connectivity index (χ1v) is 7.70. The van der Waals surface area contributed by atoms with Crippen molar-refractivity contribution >= 4 is 0 Å². The van der Waals surface area contributed by atoms with Gasteiger partial charge >= 0.3 is 0 Å². The number of nitrogens with zero attached hydrogens (tertiary/aromatic N) is 1. The Bertz CT molecular complexity index is 607. The second-order valence-corrected chi connectivity index (χ2v) is 5.58. The van der Waals surface area contributed by atoms with Gasteiger partial charge in [0.05, 0.1) is 18.0 Å². The van der Waals surface area contributed by atoms with Crippen molar-refractivity contribution in [2.75, 3.05) is 0 Å². The van der Waals surface area contributed by atoms with Crippen molar-refractivity contribution in [2.45, 2.75) is 45.1 Å². The van der Waals surface area contributed by atoms with Gasteiger partial charge in [-0.25, -0.2) is 0 Å². The smallest absolute Gasteiger partial charge is 0.145 e. The molecule has 0 radical (unpaired) electrons. The molecule has 1 aliphatic rings. The molecule has 0 spiro atoms. The van der Waals surface area contributed by atoms with Crippen molar-refractivity contribution in [1.82, 2.24) is 4.98 Å². The molecule has 0 fully saturated rings. The summed E-state index contributed by atoms with van der Waals surface area (Å²) in [5.41, 5.74) is 3.55. The zero-order valence-corrected chi connectivity index (χ0v) is 12.4. The first kappa shape index (κ1) is 14.1. The topological polar surface area (TPSA) is 42.4 Å². The molecule has 2 aromatic rings. The maximum absolute atomic E-state index is 9.74. The third-order valence-corrected chi connectivity index (χ3v) is 4.04. The summed E-state index contributed by atoms with van der Waals surface area (Å²) in [6, 6.07) is 10.0. The van der Waals surface area contributed by atoms with Crippen LogP contribution >= 0.6 is 0 Å². The summed E-state index contributed by atoms with van der Waals surface area (Å²) < 4.78 is 5.87. The molecule has 0 saturated heterocycles. The number of ether oxygens (including phenoxy) is 1. The molecule has 0 saturated carbocycles. The summed E-state index contributed by atoms with van der Waals surface area (Å²) in [6.07, 6.45) is 6.72. The van der Waals surface area contributed by atoms with Gasteiger partial charge in [0.2, 0.25) is 0 Å². The van der Waals surface area contributed by atoms with Crippen LogP contribution in [0.2, 0.25) is 0 Å². The molecule has 0 aliphatic heterocycles. The van der Waals surface area contributed by atoms with Gasteiger partial charge in [-0.1, -0.05) is 13.0 Å². The summed E-state index contributed by atoms with van der Waals surface area (Å²) in [4.78, 5) is 4.26. The van der Waals surface area contributed by atoms with Crippen LogP contribution in [-0.2, 0) is 12.8 Å². The van der Waals surface area contributed by atoms with E-state index in [-0.39, 0.29) is 0 Å². The Morgan fingerprint density at radius 2 is 1.86 bits per heavy atom. The number of benzene rings is 1. The molecule has 3 heteroatoms. The summed E-state index contributed by atoms with van der Waals surface area (Å²) >= 11 is 0. The molecule has 1 atom stereocenters. The summed E-state index contributed by atoms with van der Waals surface area (Å²) in [5, 5.41) is 9.74. The van der Waals surface area contributed by atoms with Gasteiger partial charge in [-0.15, -0.1) is 0 Å². The van der Waals surface area contributed by atoms with Crippen molar-refractivity contribution < 1.29 is 9.84 Å². The van der Waals surface area contributed by atoms with Gasteiger partial charge in [-0.3, -0.25) is 4.98 Å². The fourth-order valence-corrected chi connectivity index (χ4v) is 2.77. The molecule has 0 bridgehead atoms. The predicted octanol–water partition coefficient (Wildman–Crippen LogP) is 4.20. The van der Waals surface area contributed by atoms with Gasteiger partial charge in [0, 0.05) is 0 Å². The zero-order valence-electron chi connectivity index (χ0n) is 12.4.